The minimum atomic E-state index is -0.164. The summed E-state index contributed by atoms with van der Waals surface area (Å²) in [6, 6.07) is -0.275. The summed E-state index contributed by atoms with van der Waals surface area (Å²) in [6.45, 7) is 8.39. The molecule has 0 bridgehead atoms. The highest BCUT2D eigenvalue weighted by Gasteiger charge is 2.25. The molecule has 0 unspecified atom stereocenters. The number of aryl methyl sites for hydroxylation is 1. The van der Waals surface area contributed by atoms with Gasteiger partial charge in [-0.05, 0) is 31.7 Å². The highest BCUT2D eigenvalue weighted by Crippen LogP contribution is 2.28. The first-order chi connectivity index (χ1) is 11.3. The van der Waals surface area contributed by atoms with E-state index in [2.05, 4.69) is 52.0 Å². The van der Waals surface area contributed by atoms with E-state index < -0.39 is 0 Å². The molecule has 130 valence electrons. The van der Waals surface area contributed by atoms with Crippen LogP contribution >= 0.6 is 11.3 Å². The number of nitrogens with one attached hydrogen (secondary N) is 3. The summed E-state index contributed by atoms with van der Waals surface area (Å²) in [7, 11) is 0. The Morgan fingerprint density at radius 1 is 1.46 bits per heavy atom. The lowest BCUT2D eigenvalue weighted by Gasteiger charge is -2.24. The number of rotatable bonds is 3. The van der Waals surface area contributed by atoms with Crippen LogP contribution in [-0.2, 0) is 11.8 Å². The summed E-state index contributed by atoms with van der Waals surface area (Å²) in [4.78, 5) is 17.0. The Kier molecular flexibility index (Phi) is 4.62. The largest absolute Gasteiger partial charge is 0.330 e. The summed E-state index contributed by atoms with van der Waals surface area (Å²) in [5, 5.41) is 16.2. The third kappa shape index (κ3) is 3.61. The molecule has 7 heteroatoms. The van der Waals surface area contributed by atoms with Crippen LogP contribution in [0.15, 0.2) is 11.6 Å². The molecular formula is C17H25N5OS. The average molecular weight is 347 g/mol. The topological polar surface area (TPSA) is 82.7 Å². The van der Waals surface area contributed by atoms with Crippen molar-refractivity contribution in [1.82, 2.24) is 25.8 Å². The molecule has 2 heterocycles. The number of carbonyl (C=O) groups excluding carboxylic acids is 1. The van der Waals surface area contributed by atoms with Crippen LogP contribution in [-0.4, -0.2) is 21.2 Å². The predicted octanol–water partition coefficient (Wildman–Crippen LogP) is 3.60. The van der Waals surface area contributed by atoms with E-state index in [0.29, 0.717) is 0 Å². The first kappa shape index (κ1) is 17.0. The lowest BCUT2D eigenvalue weighted by molar-refractivity contribution is 0.232. The van der Waals surface area contributed by atoms with Crippen LogP contribution < -0.4 is 10.6 Å². The predicted molar refractivity (Wildman–Crippen MR) is 95.2 cm³/mol. The molecule has 3 N–H and O–H groups in total. The van der Waals surface area contributed by atoms with Crippen LogP contribution in [0.4, 0.5) is 4.79 Å². The van der Waals surface area contributed by atoms with Gasteiger partial charge in [0.25, 0.3) is 0 Å². The van der Waals surface area contributed by atoms with Crippen molar-refractivity contribution in [3.05, 3.63) is 33.5 Å². The van der Waals surface area contributed by atoms with Crippen LogP contribution in [0, 0.1) is 0 Å². The fraction of sp³-hybridized carbons (Fsp3) is 0.588. The second kappa shape index (κ2) is 6.55. The maximum Gasteiger partial charge on any atom is 0.315 e. The fourth-order valence-electron chi connectivity index (χ4n) is 2.90. The summed E-state index contributed by atoms with van der Waals surface area (Å²) in [5.41, 5.74) is 3.32. The molecule has 2 aromatic heterocycles. The quantitative estimate of drug-likeness (QED) is 0.793. The molecule has 1 aliphatic rings. The number of H-pyrrole nitrogens is 1. The Balaban J connectivity index is 1.60. The third-order valence-electron chi connectivity index (χ3n) is 4.35. The highest BCUT2D eigenvalue weighted by atomic mass is 32.1. The Hall–Kier alpha value is -1.89. The monoisotopic (exact) mass is 347 g/mol. The van der Waals surface area contributed by atoms with Crippen LogP contribution in [0.3, 0.4) is 0 Å². The van der Waals surface area contributed by atoms with Crippen LogP contribution in [0.5, 0.6) is 0 Å². The number of amides is 2. The van der Waals surface area contributed by atoms with E-state index in [1.807, 2.05) is 13.1 Å². The van der Waals surface area contributed by atoms with Crippen LogP contribution in [0.1, 0.15) is 74.6 Å². The van der Waals surface area contributed by atoms with Crippen molar-refractivity contribution in [3.63, 3.8) is 0 Å². The van der Waals surface area contributed by atoms with Gasteiger partial charge in [0.1, 0.15) is 5.01 Å². The Bertz CT molecular complexity index is 715. The molecular weight excluding hydrogens is 322 g/mol. The van der Waals surface area contributed by atoms with E-state index in [9.17, 15) is 4.79 Å². The van der Waals surface area contributed by atoms with Crippen molar-refractivity contribution in [2.24, 2.45) is 0 Å². The van der Waals surface area contributed by atoms with Gasteiger partial charge in [0.05, 0.1) is 29.7 Å². The average Bonchev–Trinajstić information content (AvgIpc) is 3.16. The van der Waals surface area contributed by atoms with Crippen molar-refractivity contribution in [3.8, 4) is 0 Å². The van der Waals surface area contributed by atoms with Crippen LogP contribution in [0.25, 0.3) is 0 Å². The molecule has 6 nitrogen and oxygen atoms in total. The second-order valence-electron chi connectivity index (χ2n) is 7.41. The lowest BCUT2D eigenvalue weighted by Crippen LogP contribution is -2.40. The number of urea groups is 1. The van der Waals surface area contributed by atoms with Crippen LogP contribution in [0.2, 0.25) is 0 Å². The molecule has 2 amide bonds. The number of aromatic amines is 1. The zero-order valence-electron chi connectivity index (χ0n) is 14.6. The van der Waals surface area contributed by atoms with E-state index in [1.165, 1.54) is 5.56 Å². The number of nitrogens with zero attached hydrogens (tertiary/aromatic N) is 2. The zero-order valence-corrected chi connectivity index (χ0v) is 15.5. The maximum absolute atomic E-state index is 12.4. The summed E-state index contributed by atoms with van der Waals surface area (Å²) in [6.07, 6.45) is 4.88. The van der Waals surface area contributed by atoms with E-state index in [0.717, 1.165) is 35.7 Å². The van der Waals surface area contributed by atoms with E-state index >= 15 is 0 Å². The molecule has 0 saturated carbocycles. The van der Waals surface area contributed by atoms with Crippen molar-refractivity contribution in [2.75, 3.05) is 0 Å². The van der Waals surface area contributed by atoms with Gasteiger partial charge in [0.2, 0.25) is 0 Å². The summed E-state index contributed by atoms with van der Waals surface area (Å²) < 4.78 is 0. The minimum absolute atomic E-state index is 0.00452. The summed E-state index contributed by atoms with van der Waals surface area (Å²) >= 11 is 1.59. The first-order valence-electron chi connectivity index (χ1n) is 8.39. The van der Waals surface area contributed by atoms with Gasteiger partial charge < -0.3 is 10.6 Å². The van der Waals surface area contributed by atoms with Gasteiger partial charge in [-0.2, -0.15) is 5.10 Å². The van der Waals surface area contributed by atoms with Gasteiger partial charge in [-0.25, -0.2) is 9.78 Å². The number of hydrogen-bond acceptors (Lipinski definition) is 4. The molecule has 0 spiro atoms. The van der Waals surface area contributed by atoms with Crippen molar-refractivity contribution >= 4 is 17.4 Å². The maximum atomic E-state index is 12.4. The van der Waals surface area contributed by atoms with Gasteiger partial charge in [-0.15, -0.1) is 11.3 Å². The van der Waals surface area contributed by atoms with Crippen molar-refractivity contribution < 1.29 is 4.79 Å². The summed E-state index contributed by atoms with van der Waals surface area (Å²) in [5.74, 6) is 0. The van der Waals surface area contributed by atoms with Gasteiger partial charge in [0.15, 0.2) is 0 Å². The standard InChI is InChI=1S/C17H25N5OS/c1-10(15-21-13(9-24-15)17(2,3)4)19-16(23)20-12-7-5-6-11-8-18-22-14(11)12/h8-10,12H,5-7H2,1-4H3,(H,18,22)(H2,19,20,23)/t10-,12-/m0/s1. The first-order valence-corrected chi connectivity index (χ1v) is 9.27. The molecule has 0 saturated heterocycles. The smallest absolute Gasteiger partial charge is 0.315 e. The Morgan fingerprint density at radius 2 is 2.25 bits per heavy atom. The van der Waals surface area contributed by atoms with Gasteiger partial charge in [0, 0.05) is 10.8 Å². The van der Waals surface area contributed by atoms with E-state index in [4.69, 9.17) is 0 Å². The Labute approximate surface area is 146 Å². The number of carbonyl (C=O) groups is 1. The molecule has 1 aliphatic carbocycles. The van der Waals surface area contributed by atoms with Gasteiger partial charge in [-0.1, -0.05) is 20.8 Å². The lowest BCUT2D eigenvalue weighted by atomic mass is 9.93. The van der Waals surface area contributed by atoms with Crippen molar-refractivity contribution in [2.45, 2.75) is 64.5 Å². The van der Waals surface area contributed by atoms with Crippen molar-refractivity contribution in [1.29, 1.82) is 0 Å². The molecule has 0 radical (unpaired) electrons. The molecule has 24 heavy (non-hydrogen) atoms. The Morgan fingerprint density at radius 3 is 2.96 bits per heavy atom. The van der Waals surface area contributed by atoms with E-state index in [1.54, 1.807) is 11.3 Å². The molecule has 2 aromatic rings. The highest BCUT2D eigenvalue weighted by molar-refractivity contribution is 7.09. The number of thiazole rings is 1. The molecule has 0 fully saturated rings. The minimum Gasteiger partial charge on any atom is -0.330 e. The molecule has 2 atom stereocenters. The van der Waals surface area contributed by atoms with Gasteiger partial charge >= 0.3 is 6.03 Å². The second-order valence-corrected chi connectivity index (χ2v) is 8.30. The van der Waals surface area contributed by atoms with E-state index in [-0.39, 0.29) is 23.5 Å². The molecule has 0 aromatic carbocycles. The number of fused-ring (bicyclic) bond motifs is 1. The number of aromatic nitrogens is 3. The fourth-order valence-corrected chi connectivity index (χ4v) is 3.95. The molecule has 3 rings (SSSR count). The number of hydrogen-bond donors (Lipinski definition) is 3. The van der Waals surface area contributed by atoms with Gasteiger partial charge in [-0.3, -0.25) is 5.10 Å². The third-order valence-corrected chi connectivity index (χ3v) is 5.38. The SMILES string of the molecule is C[C@H](NC(=O)N[C@H]1CCCc2cn[nH]c21)c1nc(C(C)(C)C)cs1. The zero-order chi connectivity index (χ0) is 17.3. The normalized spacial score (nSPS) is 18.8. The molecule has 0 aliphatic heterocycles.